The van der Waals surface area contributed by atoms with Gasteiger partial charge in [0.1, 0.15) is 0 Å². The Kier molecular flexibility index (Phi) is 4.07. The van der Waals surface area contributed by atoms with Gasteiger partial charge in [-0.2, -0.15) is 0 Å². The maximum atomic E-state index is 6.19. The van der Waals surface area contributed by atoms with Crippen LogP contribution < -0.4 is 10.2 Å². The van der Waals surface area contributed by atoms with E-state index in [9.17, 15) is 0 Å². The molecule has 3 rings (SSSR count). The number of nitrogens with one attached hydrogen (secondary N) is 1. The second kappa shape index (κ2) is 5.84. The summed E-state index contributed by atoms with van der Waals surface area (Å²) < 4.78 is 0. The number of hydrogen-bond donors (Lipinski definition) is 1. The molecule has 1 unspecified atom stereocenters. The Morgan fingerprint density at radius 2 is 2.00 bits per heavy atom. The van der Waals surface area contributed by atoms with Crippen LogP contribution in [0.25, 0.3) is 0 Å². The molecule has 0 bridgehead atoms. The van der Waals surface area contributed by atoms with Crippen molar-refractivity contribution in [2.45, 2.75) is 19.4 Å². The number of thiocarbonyl (C=S) groups is 1. The molecule has 0 fully saturated rings. The Morgan fingerprint density at radius 3 is 2.76 bits per heavy atom. The van der Waals surface area contributed by atoms with Gasteiger partial charge < -0.3 is 10.2 Å². The van der Waals surface area contributed by atoms with Gasteiger partial charge in [0.25, 0.3) is 0 Å². The first-order valence-corrected chi connectivity index (χ1v) is 7.86. The van der Waals surface area contributed by atoms with E-state index in [4.69, 9.17) is 35.4 Å². The Hall–Kier alpha value is -1.29. The summed E-state index contributed by atoms with van der Waals surface area (Å²) in [4.78, 5) is 2.13. The van der Waals surface area contributed by atoms with Crippen LogP contribution in [-0.4, -0.2) is 11.2 Å². The molecule has 1 N–H and O–H groups in total. The van der Waals surface area contributed by atoms with E-state index in [1.54, 1.807) is 12.1 Å². The molecule has 1 heterocycles. The zero-order chi connectivity index (χ0) is 15.0. The number of hydrogen-bond acceptors (Lipinski definition) is 1. The summed E-state index contributed by atoms with van der Waals surface area (Å²) in [5.41, 5.74) is 3.24. The molecule has 2 nitrogen and oxygen atoms in total. The number of anilines is 2. The number of para-hydroxylation sites is 1. The predicted octanol–water partition coefficient (Wildman–Crippen LogP) is 5.14. The van der Waals surface area contributed by atoms with E-state index in [2.05, 4.69) is 35.3 Å². The van der Waals surface area contributed by atoms with E-state index in [1.165, 1.54) is 5.56 Å². The summed E-state index contributed by atoms with van der Waals surface area (Å²) in [7, 11) is 0. The quantitative estimate of drug-likeness (QED) is 0.725. The second-order valence-electron chi connectivity index (χ2n) is 5.11. The Morgan fingerprint density at radius 1 is 1.24 bits per heavy atom. The molecule has 2 aromatic rings. The van der Waals surface area contributed by atoms with Crippen LogP contribution in [0.4, 0.5) is 11.4 Å². The molecule has 5 heteroatoms. The maximum Gasteiger partial charge on any atom is 0.178 e. The van der Waals surface area contributed by atoms with Crippen LogP contribution in [0.2, 0.25) is 10.0 Å². The SMILES string of the molecule is CC1Cc2ccccc2N1C(=S)Nc1ccc(Cl)cc1Cl. The third kappa shape index (κ3) is 2.86. The number of nitrogens with zero attached hydrogens (tertiary/aromatic N) is 1. The lowest BCUT2D eigenvalue weighted by molar-refractivity contribution is 0.776. The van der Waals surface area contributed by atoms with E-state index >= 15 is 0 Å². The first-order chi connectivity index (χ1) is 10.1. The minimum atomic E-state index is 0.327. The Balaban J connectivity index is 1.86. The van der Waals surface area contributed by atoms with Crippen LogP contribution in [0.5, 0.6) is 0 Å². The van der Waals surface area contributed by atoms with Gasteiger partial charge in [-0.3, -0.25) is 0 Å². The highest BCUT2D eigenvalue weighted by molar-refractivity contribution is 7.80. The molecule has 0 spiro atoms. The second-order valence-corrected chi connectivity index (χ2v) is 6.34. The van der Waals surface area contributed by atoms with Crippen LogP contribution in [0.1, 0.15) is 12.5 Å². The summed E-state index contributed by atoms with van der Waals surface area (Å²) in [6.07, 6.45) is 0.992. The standard InChI is InChI=1S/C16H14Cl2N2S/c1-10-8-11-4-2-3-5-15(11)20(10)16(21)19-14-7-6-12(17)9-13(14)18/h2-7,9-10H,8H2,1H3,(H,19,21). The van der Waals surface area contributed by atoms with Gasteiger partial charge in [-0.05, 0) is 55.4 Å². The lowest BCUT2D eigenvalue weighted by Crippen LogP contribution is -2.38. The molecular weight excluding hydrogens is 323 g/mol. The molecule has 1 aliphatic rings. The van der Waals surface area contributed by atoms with Gasteiger partial charge in [-0.1, -0.05) is 41.4 Å². The highest BCUT2D eigenvalue weighted by Crippen LogP contribution is 2.33. The Labute approximate surface area is 139 Å². The van der Waals surface area contributed by atoms with Crippen LogP contribution in [0.3, 0.4) is 0 Å². The first-order valence-electron chi connectivity index (χ1n) is 6.69. The van der Waals surface area contributed by atoms with Crippen LogP contribution in [0, 0.1) is 0 Å². The van der Waals surface area contributed by atoms with Gasteiger partial charge in [0, 0.05) is 16.8 Å². The van der Waals surface area contributed by atoms with E-state index in [1.807, 2.05) is 12.1 Å². The van der Waals surface area contributed by atoms with Crippen molar-refractivity contribution in [3.8, 4) is 0 Å². The van der Waals surface area contributed by atoms with Crippen molar-refractivity contribution in [3.05, 3.63) is 58.1 Å². The minimum Gasteiger partial charge on any atom is -0.331 e. The molecule has 1 atom stereocenters. The van der Waals surface area contributed by atoms with Crippen LogP contribution in [0.15, 0.2) is 42.5 Å². The molecular formula is C16H14Cl2N2S. The van der Waals surface area contributed by atoms with Crippen molar-refractivity contribution in [2.24, 2.45) is 0 Å². The maximum absolute atomic E-state index is 6.19. The zero-order valence-electron chi connectivity index (χ0n) is 11.4. The van der Waals surface area contributed by atoms with E-state index in [0.717, 1.165) is 17.8 Å². The molecule has 21 heavy (non-hydrogen) atoms. The molecule has 0 saturated heterocycles. The Bertz CT molecular complexity index is 702. The molecule has 0 saturated carbocycles. The van der Waals surface area contributed by atoms with Crippen molar-refractivity contribution in [3.63, 3.8) is 0 Å². The summed E-state index contributed by atoms with van der Waals surface area (Å²) in [5, 5.41) is 5.04. The highest BCUT2D eigenvalue weighted by Gasteiger charge is 2.28. The number of halogens is 2. The van der Waals surface area contributed by atoms with Gasteiger partial charge in [-0.25, -0.2) is 0 Å². The average Bonchev–Trinajstić information content (AvgIpc) is 2.77. The highest BCUT2D eigenvalue weighted by atomic mass is 35.5. The average molecular weight is 337 g/mol. The fourth-order valence-corrected chi connectivity index (χ4v) is 3.49. The van der Waals surface area contributed by atoms with Gasteiger partial charge in [0.05, 0.1) is 10.7 Å². The number of benzene rings is 2. The summed E-state index contributed by atoms with van der Waals surface area (Å²) in [6, 6.07) is 14.0. The van der Waals surface area contributed by atoms with Gasteiger partial charge in [0.15, 0.2) is 5.11 Å². The third-order valence-electron chi connectivity index (χ3n) is 3.60. The minimum absolute atomic E-state index is 0.327. The summed E-state index contributed by atoms with van der Waals surface area (Å²) in [6.45, 7) is 2.16. The van der Waals surface area contributed by atoms with Crippen molar-refractivity contribution < 1.29 is 0 Å². The lowest BCUT2D eigenvalue weighted by Gasteiger charge is -2.26. The molecule has 0 aromatic heterocycles. The zero-order valence-corrected chi connectivity index (χ0v) is 13.8. The van der Waals surface area contributed by atoms with Crippen molar-refractivity contribution in [1.29, 1.82) is 0 Å². The predicted molar refractivity (Wildman–Crippen MR) is 94.8 cm³/mol. The van der Waals surface area contributed by atoms with Gasteiger partial charge in [-0.15, -0.1) is 0 Å². The topological polar surface area (TPSA) is 15.3 Å². The molecule has 0 amide bonds. The van der Waals surface area contributed by atoms with Crippen molar-refractivity contribution in [2.75, 3.05) is 10.2 Å². The molecule has 1 aliphatic heterocycles. The molecule has 108 valence electrons. The normalized spacial score (nSPS) is 16.7. The first kappa shape index (κ1) is 14.6. The van der Waals surface area contributed by atoms with E-state index in [0.29, 0.717) is 21.2 Å². The molecule has 0 radical (unpaired) electrons. The number of fused-ring (bicyclic) bond motifs is 1. The molecule has 2 aromatic carbocycles. The van der Waals surface area contributed by atoms with Gasteiger partial charge >= 0.3 is 0 Å². The van der Waals surface area contributed by atoms with Crippen molar-refractivity contribution in [1.82, 2.24) is 0 Å². The smallest absolute Gasteiger partial charge is 0.178 e. The monoisotopic (exact) mass is 336 g/mol. The summed E-state index contributed by atoms with van der Waals surface area (Å²) in [5.74, 6) is 0. The van der Waals surface area contributed by atoms with E-state index < -0.39 is 0 Å². The fourth-order valence-electron chi connectivity index (χ4n) is 2.64. The summed E-state index contributed by atoms with van der Waals surface area (Å²) >= 11 is 17.7. The largest absolute Gasteiger partial charge is 0.331 e. The van der Waals surface area contributed by atoms with Crippen LogP contribution >= 0.6 is 35.4 Å². The van der Waals surface area contributed by atoms with Crippen LogP contribution in [-0.2, 0) is 6.42 Å². The van der Waals surface area contributed by atoms with E-state index in [-0.39, 0.29) is 0 Å². The molecule has 0 aliphatic carbocycles. The third-order valence-corrected chi connectivity index (χ3v) is 4.45. The lowest BCUT2D eigenvalue weighted by atomic mass is 10.1. The van der Waals surface area contributed by atoms with Crippen molar-refractivity contribution >= 4 is 51.9 Å². The fraction of sp³-hybridized carbons (Fsp3) is 0.188. The number of rotatable bonds is 1. The van der Waals surface area contributed by atoms with Gasteiger partial charge in [0.2, 0.25) is 0 Å².